The molecule has 1 aromatic heterocycles. The van der Waals surface area contributed by atoms with E-state index in [1.54, 1.807) is 22.9 Å². The third kappa shape index (κ3) is 4.98. The fourth-order valence-electron chi connectivity index (χ4n) is 3.13. The number of nitrogens with one attached hydrogen (secondary N) is 1. The Bertz CT molecular complexity index is 1370. The van der Waals surface area contributed by atoms with E-state index in [4.69, 9.17) is 0 Å². The summed E-state index contributed by atoms with van der Waals surface area (Å²) in [6.07, 6.45) is 1.58. The molecule has 160 valence electrons. The number of nitrogens with zero attached hydrogens (tertiary/aromatic N) is 3. The van der Waals surface area contributed by atoms with E-state index in [1.807, 2.05) is 67.6 Å². The lowest BCUT2D eigenvalue weighted by Crippen LogP contribution is -2.24. The predicted molar refractivity (Wildman–Crippen MR) is 133 cm³/mol. The molecule has 1 amide bonds. The van der Waals surface area contributed by atoms with Crippen LogP contribution in [0, 0.1) is 6.92 Å². The molecule has 0 aliphatic heterocycles. The van der Waals surface area contributed by atoms with Gasteiger partial charge in [-0.3, -0.25) is 14.2 Å². The summed E-state index contributed by atoms with van der Waals surface area (Å²) in [6.45, 7) is 1.94. The highest BCUT2D eigenvalue weighted by atomic mass is 79.9. The number of carbonyl (C=O) groups is 1. The lowest BCUT2D eigenvalue weighted by molar-refractivity contribution is -0.118. The van der Waals surface area contributed by atoms with Crippen molar-refractivity contribution in [3.05, 3.63) is 98.7 Å². The molecule has 0 radical (unpaired) electrons. The van der Waals surface area contributed by atoms with Gasteiger partial charge < -0.3 is 0 Å². The van der Waals surface area contributed by atoms with Crippen molar-refractivity contribution in [1.29, 1.82) is 0 Å². The van der Waals surface area contributed by atoms with Crippen LogP contribution in [-0.4, -0.2) is 27.4 Å². The first-order valence-corrected chi connectivity index (χ1v) is 11.6. The summed E-state index contributed by atoms with van der Waals surface area (Å²) in [5, 5.41) is 4.99. The quantitative estimate of drug-likeness (QED) is 0.178. The van der Waals surface area contributed by atoms with E-state index in [2.05, 4.69) is 31.4 Å². The molecular weight excluding hydrogens is 488 g/mol. The minimum Gasteiger partial charge on any atom is -0.272 e. The number of rotatable bonds is 6. The molecule has 1 heterocycles. The van der Waals surface area contributed by atoms with E-state index in [-0.39, 0.29) is 17.2 Å². The number of carbonyl (C=O) groups excluding carboxylic acids is 1. The van der Waals surface area contributed by atoms with Gasteiger partial charge in [0.25, 0.3) is 11.5 Å². The van der Waals surface area contributed by atoms with Crippen molar-refractivity contribution >= 4 is 50.7 Å². The van der Waals surface area contributed by atoms with E-state index in [0.717, 1.165) is 21.3 Å². The standard InChI is InChI=1S/C24H19BrN4O2S/c1-16-6-2-5-9-21(16)29-23(31)19-7-3-4-8-20(19)27-24(29)32-15-22(30)28-26-14-17-10-12-18(25)13-11-17/h2-14H,15H2,1H3,(H,28,30)/b26-14-. The van der Waals surface area contributed by atoms with Crippen LogP contribution >= 0.6 is 27.7 Å². The molecule has 6 nitrogen and oxygen atoms in total. The summed E-state index contributed by atoms with van der Waals surface area (Å²) in [7, 11) is 0. The largest absolute Gasteiger partial charge is 0.272 e. The number of para-hydroxylation sites is 2. The molecule has 0 saturated heterocycles. The van der Waals surface area contributed by atoms with E-state index in [1.165, 1.54) is 11.8 Å². The van der Waals surface area contributed by atoms with Crippen LogP contribution < -0.4 is 11.0 Å². The molecule has 0 aliphatic carbocycles. The van der Waals surface area contributed by atoms with E-state index < -0.39 is 0 Å². The Morgan fingerprint density at radius 2 is 1.81 bits per heavy atom. The molecule has 4 rings (SSSR count). The summed E-state index contributed by atoms with van der Waals surface area (Å²) in [4.78, 5) is 30.3. The summed E-state index contributed by atoms with van der Waals surface area (Å²) in [6, 6.07) is 22.4. The molecule has 0 aliphatic rings. The number of aromatic nitrogens is 2. The third-order valence-electron chi connectivity index (χ3n) is 4.71. The van der Waals surface area contributed by atoms with Crippen molar-refractivity contribution < 1.29 is 4.79 Å². The van der Waals surface area contributed by atoms with Crippen LogP contribution in [0.25, 0.3) is 16.6 Å². The Hall–Kier alpha value is -3.23. The topological polar surface area (TPSA) is 76.3 Å². The Morgan fingerprint density at radius 1 is 1.09 bits per heavy atom. The molecule has 0 saturated carbocycles. The lowest BCUT2D eigenvalue weighted by atomic mass is 10.2. The second-order valence-electron chi connectivity index (χ2n) is 6.97. The van der Waals surface area contributed by atoms with Crippen LogP contribution in [0.2, 0.25) is 0 Å². The second-order valence-corrected chi connectivity index (χ2v) is 8.83. The van der Waals surface area contributed by atoms with Crippen LogP contribution in [0.3, 0.4) is 0 Å². The maximum atomic E-state index is 13.3. The van der Waals surface area contributed by atoms with Crippen LogP contribution in [0.1, 0.15) is 11.1 Å². The number of benzene rings is 3. The number of amides is 1. The normalized spacial score (nSPS) is 11.2. The molecule has 32 heavy (non-hydrogen) atoms. The number of thioether (sulfide) groups is 1. The minimum absolute atomic E-state index is 0.0638. The number of hydrogen-bond acceptors (Lipinski definition) is 5. The molecule has 3 aromatic carbocycles. The van der Waals surface area contributed by atoms with Gasteiger partial charge >= 0.3 is 0 Å². The first-order chi connectivity index (χ1) is 15.5. The molecule has 0 spiro atoms. The summed E-state index contributed by atoms with van der Waals surface area (Å²) in [5.41, 5.74) is 5.50. The van der Waals surface area contributed by atoms with Gasteiger partial charge in [0, 0.05) is 4.47 Å². The molecule has 0 fully saturated rings. The first kappa shape index (κ1) is 22.0. The van der Waals surface area contributed by atoms with Crippen molar-refractivity contribution in [1.82, 2.24) is 15.0 Å². The number of hydrazone groups is 1. The zero-order valence-corrected chi connectivity index (χ0v) is 19.6. The van der Waals surface area contributed by atoms with Gasteiger partial charge in [-0.05, 0) is 48.4 Å². The van der Waals surface area contributed by atoms with Gasteiger partial charge in [0.15, 0.2) is 5.16 Å². The maximum Gasteiger partial charge on any atom is 0.266 e. The van der Waals surface area contributed by atoms with Gasteiger partial charge in [-0.25, -0.2) is 10.4 Å². The van der Waals surface area contributed by atoms with Crippen molar-refractivity contribution in [2.24, 2.45) is 5.10 Å². The van der Waals surface area contributed by atoms with E-state index >= 15 is 0 Å². The molecule has 4 aromatic rings. The molecule has 1 N–H and O–H groups in total. The van der Waals surface area contributed by atoms with Gasteiger partial charge in [0.1, 0.15) is 0 Å². The van der Waals surface area contributed by atoms with Crippen molar-refractivity contribution in [3.63, 3.8) is 0 Å². The molecule has 0 atom stereocenters. The molecule has 0 unspecified atom stereocenters. The van der Waals surface area contributed by atoms with Crippen molar-refractivity contribution in [2.45, 2.75) is 12.1 Å². The highest BCUT2D eigenvalue weighted by molar-refractivity contribution is 9.10. The van der Waals surface area contributed by atoms with Crippen LogP contribution in [-0.2, 0) is 4.79 Å². The Labute approximate surface area is 197 Å². The third-order valence-corrected chi connectivity index (χ3v) is 6.17. The monoisotopic (exact) mass is 506 g/mol. The second kappa shape index (κ2) is 9.93. The highest BCUT2D eigenvalue weighted by Gasteiger charge is 2.15. The number of halogens is 1. The number of fused-ring (bicyclic) bond motifs is 1. The maximum absolute atomic E-state index is 13.3. The average molecular weight is 507 g/mol. The van der Waals surface area contributed by atoms with E-state index in [9.17, 15) is 9.59 Å². The highest BCUT2D eigenvalue weighted by Crippen LogP contribution is 2.23. The Balaban J connectivity index is 1.57. The molecule has 0 bridgehead atoms. The fraction of sp³-hybridized carbons (Fsp3) is 0.0833. The molecular formula is C24H19BrN4O2S. The van der Waals surface area contributed by atoms with Crippen LogP contribution in [0.5, 0.6) is 0 Å². The molecule has 8 heteroatoms. The van der Waals surface area contributed by atoms with Gasteiger partial charge in [-0.1, -0.05) is 70.2 Å². The van der Waals surface area contributed by atoms with Crippen LogP contribution in [0.4, 0.5) is 0 Å². The predicted octanol–water partition coefficient (Wildman–Crippen LogP) is 4.70. The van der Waals surface area contributed by atoms with Gasteiger partial charge in [-0.15, -0.1) is 0 Å². The van der Waals surface area contributed by atoms with Crippen LogP contribution in [0.15, 0.2) is 92.3 Å². The summed E-state index contributed by atoms with van der Waals surface area (Å²) in [5.74, 6) is -0.226. The number of hydrogen-bond donors (Lipinski definition) is 1. The Kier molecular flexibility index (Phi) is 6.82. The first-order valence-electron chi connectivity index (χ1n) is 9.81. The summed E-state index contributed by atoms with van der Waals surface area (Å²) >= 11 is 4.58. The zero-order valence-electron chi connectivity index (χ0n) is 17.2. The van der Waals surface area contributed by atoms with E-state index in [0.29, 0.717) is 16.1 Å². The average Bonchev–Trinajstić information content (AvgIpc) is 2.80. The van der Waals surface area contributed by atoms with Gasteiger partial charge in [-0.2, -0.15) is 5.10 Å². The minimum atomic E-state index is -0.290. The smallest absolute Gasteiger partial charge is 0.266 e. The zero-order chi connectivity index (χ0) is 22.5. The SMILES string of the molecule is Cc1ccccc1-n1c(SCC(=O)N/N=C\c2ccc(Br)cc2)nc2ccccc2c1=O. The van der Waals surface area contributed by atoms with Gasteiger partial charge in [0.05, 0.1) is 28.6 Å². The fourth-order valence-corrected chi connectivity index (χ4v) is 4.19. The van der Waals surface area contributed by atoms with Crippen molar-refractivity contribution in [3.8, 4) is 5.69 Å². The van der Waals surface area contributed by atoms with Crippen molar-refractivity contribution in [2.75, 3.05) is 5.75 Å². The Morgan fingerprint density at radius 3 is 2.59 bits per heavy atom. The lowest BCUT2D eigenvalue weighted by Gasteiger charge is -2.14. The van der Waals surface area contributed by atoms with Gasteiger partial charge in [0.2, 0.25) is 0 Å². The summed E-state index contributed by atoms with van der Waals surface area (Å²) < 4.78 is 2.54. The number of aryl methyl sites for hydroxylation is 1.